The lowest BCUT2D eigenvalue weighted by molar-refractivity contribution is 0.794. The number of aromatic nitrogens is 1. The minimum absolute atomic E-state index is 0.383. The Balaban J connectivity index is 1.15. The third-order valence-electron chi connectivity index (χ3n) is 10.5. The summed E-state index contributed by atoms with van der Waals surface area (Å²) >= 11 is 0. The largest absolute Gasteiger partial charge is 0.355 e. The molecule has 0 atom stereocenters. The molecular formula is C47H33N3. The molecule has 7 aromatic rings. The first-order valence-electron chi connectivity index (χ1n) is 17.4. The topological polar surface area (TPSA) is 37.3 Å². The molecule has 10 rings (SSSR count). The molecule has 0 fully saturated rings. The van der Waals surface area contributed by atoms with Crippen LogP contribution < -0.4 is 5.32 Å². The summed E-state index contributed by atoms with van der Waals surface area (Å²) < 4.78 is 0. The van der Waals surface area contributed by atoms with Crippen LogP contribution in [0.4, 0.5) is 11.4 Å². The van der Waals surface area contributed by atoms with Crippen molar-refractivity contribution in [3.8, 4) is 44.6 Å². The zero-order valence-corrected chi connectivity index (χ0v) is 27.5. The maximum Gasteiger partial charge on any atom is 0.0725 e. The highest BCUT2D eigenvalue weighted by Gasteiger charge is 2.51. The number of rotatable bonds is 5. The summed E-state index contributed by atoms with van der Waals surface area (Å²) in [6, 6.07) is 55.4. The first-order chi connectivity index (χ1) is 24.8. The predicted molar refractivity (Wildman–Crippen MR) is 206 cm³/mol. The molecule has 50 heavy (non-hydrogen) atoms. The highest BCUT2D eigenvalue weighted by atomic mass is 14.9. The van der Waals surface area contributed by atoms with Gasteiger partial charge in [0.2, 0.25) is 0 Å². The Labute approximate surface area is 292 Å². The van der Waals surface area contributed by atoms with Crippen LogP contribution in [0.1, 0.15) is 34.2 Å². The first kappa shape index (κ1) is 28.7. The third-order valence-corrected chi connectivity index (χ3v) is 10.5. The number of anilines is 2. The highest BCUT2D eigenvalue weighted by Crippen LogP contribution is 2.63. The number of fused-ring (bicyclic) bond motifs is 10. The molecule has 0 unspecified atom stereocenters. The summed E-state index contributed by atoms with van der Waals surface area (Å²) in [5.41, 5.74) is 18.8. The number of allylic oxidation sites excluding steroid dienone is 1. The summed E-state index contributed by atoms with van der Waals surface area (Å²) in [6.45, 7) is 0.837. The van der Waals surface area contributed by atoms with Crippen LogP contribution in [0.15, 0.2) is 175 Å². The van der Waals surface area contributed by atoms with Crippen LogP contribution in [0, 0.1) is 0 Å². The molecule has 0 saturated heterocycles. The van der Waals surface area contributed by atoms with Gasteiger partial charge in [-0.1, -0.05) is 109 Å². The van der Waals surface area contributed by atoms with Crippen molar-refractivity contribution in [3.05, 3.63) is 198 Å². The molecule has 0 amide bonds. The SMILES string of the molecule is C1=CC(c2cccc(Nc3cc(-c4ccc5c(c4)C4(c6ccccc6-c6ccccc64)c4ccccc4-5)cc(-c4ccccn4)c3)c2)=NCC1. The number of hydrogen-bond acceptors (Lipinski definition) is 3. The van der Waals surface area contributed by atoms with Crippen molar-refractivity contribution in [1.29, 1.82) is 0 Å². The average molecular weight is 640 g/mol. The number of aliphatic imine (C=N–C) groups is 1. The zero-order valence-electron chi connectivity index (χ0n) is 27.5. The normalized spacial score (nSPS) is 14.4. The van der Waals surface area contributed by atoms with Gasteiger partial charge in [-0.3, -0.25) is 9.98 Å². The van der Waals surface area contributed by atoms with E-state index in [1.165, 1.54) is 50.1 Å². The van der Waals surface area contributed by atoms with E-state index < -0.39 is 0 Å². The number of benzene rings is 6. The van der Waals surface area contributed by atoms with Gasteiger partial charge in [0.15, 0.2) is 0 Å². The summed E-state index contributed by atoms with van der Waals surface area (Å²) in [5, 5.41) is 3.74. The highest BCUT2D eigenvalue weighted by molar-refractivity contribution is 6.09. The summed E-state index contributed by atoms with van der Waals surface area (Å²) in [6.07, 6.45) is 7.19. The second-order valence-corrected chi connectivity index (χ2v) is 13.3. The van der Waals surface area contributed by atoms with Crippen molar-refractivity contribution in [2.24, 2.45) is 4.99 Å². The summed E-state index contributed by atoms with van der Waals surface area (Å²) in [4.78, 5) is 9.50. The Morgan fingerprint density at radius 1 is 0.480 bits per heavy atom. The van der Waals surface area contributed by atoms with Gasteiger partial charge in [0, 0.05) is 35.2 Å². The van der Waals surface area contributed by atoms with E-state index in [2.05, 4.69) is 163 Å². The van der Waals surface area contributed by atoms with Gasteiger partial charge in [-0.15, -0.1) is 0 Å². The van der Waals surface area contributed by atoms with Crippen molar-refractivity contribution in [3.63, 3.8) is 0 Å². The Bertz CT molecular complexity index is 2460. The second-order valence-electron chi connectivity index (χ2n) is 13.3. The molecule has 2 aliphatic carbocycles. The summed E-state index contributed by atoms with van der Waals surface area (Å²) in [7, 11) is 0. The van der Waals surface area contributed by atoms with E-state index >= 15 is 0 Å². The Kier molecular flexibility index (Phi) is 6.53. The fraction of sp³-hybridized carbons (Fsp3) is 0.0638. The van der Waals surface area contributed by atoms with E-state index in [1.54, 1.807) is 0 Å². The maximum absolute atomic E-state index is 4.75. The second kappa shape index (κ2) is 11.4. The predicted octanol–water partition coefficient (Wildman–Crippen LogP) is 11.3. The van der Waals surface area contributed by atoms with Crippen molar-refractivity contribution in [2.45, 2.75) is 11.8 Å². The Hall–Kier alpha value is -6.32. The lowest BCUT2D eigenvalue weighted by Crippen LogP contribution is -2.25. The Morgan fingerprint density at radius 2 is 1.14 bits per heavy atom. The molecule has 3 nitrogen and oxygen atoms in total. The van der Waals surface area contributed by atoms with Crippen LogP contribution in [0.3, 0.4) is 0 Å². The van der Waals surface area contributed by atoms with Gasteiger partial charge in [0.05, 0.1) is 16.8 Å². The number of pyridine rings is 1. The number of nitrogens with one attached hydrogen (secondary N) is 1. The quantitative estimate of drug-likeness (QED) is 0.203. The van der Waals surface area contributed by atoms with Crippen LogP contribution in [0.25, 0.3) is 44.6 Å². The van der Waals surface area contributed by atoms with Gasteiger partial charge in [0.25, 0.3) is 0 Å². The molecule has 1 aromatic heterocycles. The zero-order chi connectivity index (χ0) is 33.1. The molecular weight excluding hydrogens is 607 g/mol. The molecule has 1 N–H and O–H groups in total. The third kappa shape index (κ3) is 4.37. The van der Waals surface area contributed by atoms with E-state index in [9.17, 15) is 0 Å². The molecule has 1 spiro atoms. The van der Waals surface area contributed by atoms with E-state index in [0.717, 1.165) is 52.4 Å². The lowest BCUT2D eigenvalue weighted by atomic mass is 9.70. The van der Waals surface area contributed by atoms with Crippen molar-refractivity contribution < 1.29 is 0 Å². The maximum atomic E-state index is 4.75. The molecule has 236 valence electrons. The molecule has 0 radical (unpaired) electrons. The molecule has 2 heterocycles. The molecule has 3 heteroatoms. The number of hydrogen-bond donors (Lipinski definition) is 1. The van der Waals surface area contributed by atoms with Crippen LogP contribution >= 0.6 is 0 Å². The minimum Gasteiger partial charge on any atom is -0.355 e. The minimum atomic E-state index is -0.383. The van der Waals surface area contributed by atoms with Crippen LogP contribution in [-0.4, -0.2) is 17.2 Å². The standard InChI is InChI=1S/C47H33N3/c1-4-17-41-37(14-1)38-15-2-5-18-42(38)47(41)43-19-6-3-16-39(43)40-23-22-31(30-44(40)47)33-26-34(46-21-8-10-25-49-46)29-36(28-33)50-35-13-11-12-32(27-35)45-20-7-9-24-48-45/h1-8,10-23,25-30,50H,9,24H2. The number of dihydropyridines is 1. The molecule has 0 saturated carbocycles. The van der Waals surface area contributed by atoms with Gasteiger partial charge < -0.3 is 5.32 Å². The van der Waals surface area contributed by atoms with Gasteiger partial charge in [-0.05, 0) is 117 Å². The molecule has 6 aromatic carbocycles. The van der Waals surface area contributed by atoms with Gasteiger partial charge in [-0.25, -0.2) is 0 Å². The molecule has 3 aliphatic rings. The van der Waals surface area contributed by atoms with Crippen LogP contribution in [-0.2, 0) is 5.41 Å². The van der Waals surface area contributed by atoms with E-state index in [-0.39, 0.29) is 5.41 Å². The first-order valence-corrected chi connectivity index (χ1v) is 17.4. The smallest absolute Gasteiger partial charge is 0.0725 e. The lowest BCUT2D eigenvalue weighted by Gasteiger charge is -2.30. The van der Waals surface area contributed by atoms with Gasteiger partial charge in [-0.2, -0.15) is 0 Å². The number of nitrogens with zero attached hydrogens (tertiary/aromatic N) is 2. The van der Waals surface area contributed by atoms with Crippen LogP contribution in [0.2, 0.25) is 0 Å². The fourth-order valence-corrected chi connectivity index (χ4v) is 8.44. The van der Waals surface area contributed by atoms with E-state index in [1.807, 2.05) is 12.3 Å². The van der Waals surface area contributed by atoms with Crippen molar-refractivity contribution >= 4 is 17.1 Å². The Morgan fingerprint density at radius 3 is 1.82 bits per heavy atom. The average Bonchev–Trinajstić information content (AvgIpc) is 3.66. The van der Waals surface area contributed by atoms with Crippen molar-refractivity contribution in [2.75, 3.05) is 11.9 Å². The molecule has 1 aliphatic heterocycles. The summed E-state index contributed by atoms with van der Waals surface area (Å²) in [5.74, 6) is 0. The monoisotopic (exact) mass is 639 g/mol. The van der Waals surface area contributed by atoms with Crippen LogP contribution in [0.5, 0.6) is 0 Å². The van der Waals surface area contributed by atoms with Gasteiger partial charge in [0.1, 0.15) is 0 Å². The van der Waals surface area contributed by atoms with E-state index in [0.29, 0.717) is 0 Å². The fourth-order valence-electron chi connectivity index (χ4n) is 8.44. The van der Waals surface area contributed by atoms with E-state index in [4.69, 9.17) is 9.98 Å². The van der Waals surface area contributed by atoms with Crippen molar-refractivity contribution in [1.82, 2.24) is 4.98 Å². The molecule has 0 bridgehead atoms. The van der Waals surface area contributed by atoms with Gasteiger partial charge >= 0.3 is 0 Å².